The summed E-state index contributed by atoms with van der Waals surface area (Å²) in [5.74, 6) is 0. The Kier molecular flexibility index (Phi) is 4.49. The molecule has 1 aliphatic heterocycles. The van der Waals surface area contributed by atoms with Crippen LogP contribution in [0, 0.1) is 0 Å². The Hall–Kier alpha value is -1.37. The molecule has 2 aromatic rings. The maximum atomic E-state index is 6.17. The number of rotatable bonds is 5. The first-order valence-corrected chi connectivity index (χ1v) is 8.65. The predicted molar refractivity (Wildman–Crippen MR) is 98.6 cm³/mol. The highest BCUT2D eigenvalue weighted by atomic mass is 16.7. The fourth-order valence-corrected chi connectivity index (χ4v) is 2.93. The van der Waals surface area contributed by atoms with Gasteiger partial charge in [-0.05, 0) is 72.4 Å². The van der Waals surface area contributed by atoms with Crippen LogP contribution in [0.3, 0.4) is 0 Å². The zero-order valence-electron chi connectivity index (χ0n) is 15.7. The third-order valence-corrected chi connectivity index (χ3v) is 5.17. The molecule has 1 saturated heterocycles. The smallest absolute Gasteiger partial charge is 0.399 e. The number of imidazole rings is 1. The van der Waals surface area contributed by atoms with Crippen molar-refractivity contribution >= 4 is 23.6 Å². The van der Waals surface area contributed by atoms with E-state index in [9.17, 15) is 0 Å². The molecule has 0 N–H and O–H groups in total. The van der Waals surface area contributed by atoms with Crippen LogP contribution in [0.15, 0.2) is 24.5 Å². The molecule has 3 rings (SSSR count). The molecule has 24 heavy (non-hydrogen) atoms. The molecule has 1 aromatic heterocycles. The number of benzene rings is 1. The van der Waals surface area contributed by atoms with Gasteiger partial charge in [0, 0.05) is 6.54 Å². The minimum atomic E-state index is -0.329. The van der Waals surface area contributed by atoms with Gasteiger partial charge in [0.05, 0.1) is 28.6 Å². The quantitative estimate of drug-likeness (QED) is 0.789. The number of hydrogen-bond acceptors (Lipinski definition) is 4. The van der Waals surface area contributed by atoms with Crippen LogP contribution in [-0.4, -0.2) is 53.4 Å². The largest absolute Gasteiger partial charge is 0.494 e. The lowest BCUT2D eigenvalue weighted by atomic mass is 9.79. The van der Waals surface area contributed by atoms with Crippen LogP contribution in [-0.2, 0) is 15.9 Å². The third-order valence-electron chi connectivity index (χ3n) is 5.17. The SMILES string of the molecule is CN(C)CCCn1cnc2ccc(B3OC(C)(C)C(C)(C)O3)cc21. The van der Waals surface area contributed by atoms with E-state index < -0.39 is 0 Å². The standard InChI is InChI=1S/C18H28BN3O2/c1-17(2)18(3,4)24-19(23-17)14-8-9-15-16(12-14)22(13-20-15)11-7-10-21(5)6/h8-9,12-13H,7,10-11H2,1-6H3. The second-order valence-corrected chi connectivity index (χ2v) is 7.93. The molecule has 5 nitrogen and oxygen atoms in total. The van der Waals surface area contributed by atoms with Crippen molar-refractivity contribution in [1.82, 2.24) is 14.5 Å². The summed E-state index contributed by atoms with van der Waals surface area (Å²) in [6, 6.07) is 6.26. The van der Waals surface area contributed by atoms with Crippen molar-refractivity contribution in [3.8, 4) is 0 Å². The van der Waals surface area contributed by atoms with Crippen LogP contribution < -0.4 is 5.46 Å². The molecule has 0 saturated carbocycles. The monoisotopic (exact) mass is 329 g/mol. The number of aromatic nitrogens is 2. The van der Waals surface area contributed by atoms with Gasteiger partial charge in [-0.15, -0.1) is 0 Å². The molecule has 0 spiro atoms. The Morgan fingerprint density at radius 3 is 2.42 bits per heavy atom. The van der Waals surface area contributed by atoms with Crippen molar-refractivity contribution in [3.05, 3.63) is 24.5 Å². The molecule has 0 bridgehead atoms. The van der Waals surface area contributed by atoms with E-state index >= 15 is 0 Å². The first-order chi connectivity index (χ1) is 11.2. The molecule has 0 unspecified atom stereocenters. The van der Waals surface area contributed by atoms with Crippen molar-refractivity contribution in [2.45, 2.75) is 51.9 Å². The second-order valence-electron chi connectivity index (χ2n) is 7.93. The van der Waals surface area contributed by atoms with E-state index in [4.69, 9.17) is 9.31 Å². The topological polar surface area (TPSA) is 39.5 Å². The van der Waals surface area contributed by atoms with Crippen LogP contribution in [0.25, 0.3) is 11.0 Å². The Balaban J connectivity index is 1.83. The summed E-state index contributed by atoms with van der Waals surface area (Å²) in [6.45, 7) is 10.3. The van der Waals surface area contributed by atoms with Crippen molar-refractivity contribution < 1.29 is 9.31 Å². The number of fused-ring (bicyclic) bond motifs is 1. The Labute approximate surface area is 145 Å². The van der Waals surface area contributed by atoms with E-state index in [0.29, 0.717) is 0 Å². The fraction of sp³-hybridized carbons (Fsp3) is 0.611. The molecule has 0 atom stereocenters. The van der Waals surface area contributed by atoms with Gasteiger partial charge >= 0.3 is 7.12 Å². The number of nitrogens with zero attached hydrogens (tertiary/aromatic N) is 3. The molecule has 0 radical (unpaired) electrons. The Bertz CT molecular complexity index is 708. The number of aryl methyl sites for hydroxylation is 1. The molecule has 1 fully saturated rings. The van der Waals surface area contributed by atoms with Crippen LogP contribution in [0.4, 0.5) is 0 Å². The zero-order valence-corrected chi connectivity index (χ0v) is 15.7. The van der Waals surface area contributed by atoms with Crippen LogP contribution in [0.2, 0.25) is 0 Å². The van der Waals surface area contributed by atoms with Gasteiger partial charge in [0.15, 0.2) is 0 Å². The van der Waals surface area contributed by atoms with Crippen molar-refractivity contribution in [2.75, 3.05) is 20.6 Å². The summed E-state index contributed by atoms with van der Waals surface area (Å²) >= 11 is 0. The van der Waals surface area contributed by atoms with Gasteiger partial charge in [0.1, 0.15) is 0 Å². The van der Waals surface area contributed by atoms with Crippen LogP contribution >= 0.6 is 0 Å². The molecule has 0 aliphatic carbocycles. The van der Waals surface area contributed by atoms with Crippen molar-refractivity contribution in [2.24, 2.45) is 0 Å². The molecular weight excluding hydrogens is 301 g/mol. The van der Waals surface area contributed by atoms with Crippen molar-refractivity contribution in [1.29, 1.82) is 0 Å². The second kappa shape index (κ2) is 6.17. The third kappa shape index (κ3) is 3.23. The maximum absolute atomic E-state index is 6.17. The lowest BCUT2D eigenvalue weighted by Crippen LogP contribution is -2.41. The first kappa shape index (κ1) is 17.5. The van der Waals surface area contributed by atoms with Gasteiger partial charge in [-0.3, -0.25) is 0 Å². The van der Waals surface area contributed by atoms with Gasteiger partial charge in [0.2, 0.25) is 0 Å². The molecule has 6 heteroatoms. The average molecular weight is 329 g/mol. The highest BCUT2D eigenvalue weighted by molar-refractivity contribution is 6.62. The van der Waals surface area contributed by atoms with Gasteiger partial charge in [-0.25, -0.2) is 4.98 Å². The first-order valence-electron chi connectivity index (χ1n) is 8.65. The molecule has 2 heterocycles. The van der Waals surface area contributed by atoms with E-state index in [2.05, 4.69) is 74.4 Å². The van der Waals surface area contributed by atoms with E-state index in [1.807, 2.05) is 6.33 Å². The van der Waals surface area contributed by atoms with Gasteiger partial charge < -0.3 is 18.8 Å². The lowest BCUT2D eigenvalue weighted by molar-refractivity contribution is 0.00578. The zero-order chi connectivity index (χ0) is 17.5. The normalized spacial score (nSPS) is 19.5. The lowest BCUT2D eigenvalue weighted by Gasteiger charge is -2.32. The Morgan fingerprint density at radius 1 is 1.12 bits per heavy atom. The van der Waals surface area contributed by atoms with E-state index in [0.717, 1.165) is 36.0 Å². The summed E-state index contributed by atoms with van der Waals surface area (Å²) in [5.41, 5.74) is 2.56. The highest BCUT2D eigenvalue weighted by Gasteiger charge is 2.51. The molecule has 1 aliphatic rings. The number of hydrogen-bond donors (Lipinski definition) is 0. The van der Waals surface area contributed by atoms with Gasteiger partial charge in [0.25, 0.3) is 0 Å². The molecule has 130 valence electrons. The average Bonchev–Trinajstić information content (AvgIpc) is 2.97. The van der Waals surface area contributed by atoms with E-state index in [1.54, 1.807) is 0 Å². The summed E-state index contributed by atoms with van der Waals surface area (Å²) in [4.78, 5) is 6.71. The maximum Gasteiger partial charge on any atom is 0.494 e. The minimum Gasteiger partial charge on any atom is -0.399 e. The van der Waals surface area contributed by atoms with E-state index in [-0.39, 0.29) is 18.3 Å². The summed E-state index contributed by atoms with van der Waals surface area (Å²) < 4.78 is 14.6. The van der Waals surface area contributed by atoms with Gasteiger partial charge in [-0.2, -0.15) is 0 Å². The summed E-state index contributed by atoms with van der Waals surface area (Å²) in [5, 5.41) is 0. The Morgan fingerprint density at radius 2 is 1.79 bits per heavy atom. The minimum absolute atomic E-state index is 0.321. The molecular formula is C18H28BN3O2. The van der Waals surface area contributed by atoms with Gasteiger partial charge in [-0.1, -0.05) is 6.07 Å². The molecule has 0 amide bonds. The van der Waals surface area contributed by atoms with E-state index in [1.165, 1.54) is 0 Å². The van der Waals surface area contributed by atoms with Crippen molar-refractivity contribution in [3.63, 3.8) is 0 Å². The fourth-order valence-electron chi connectivity index (χ4n) is 2.93. The highest BCUT2D eigenvalue weighted by Crippen LogP contribution is 2.36. The molecule has 1 aromatic carbocycles. The predicted octanol–water partition coefficient (Wildman–Crippen LogP) is 2.29. The van der Waals surface area contributed by atoms with Crippen LogP contribution in [0.1, 0.15) is 34.1 Å². The summed E-state index contributed by atoms with van der Waals surface area (Å²) in [7, 11) is 3.87. The van der Waals surface area contributed by atoms with Crippen LogP contribution in [0.5, 0.6) is 0 Å². The summed E-state index contributed by atoms with van der Waals surface area (Å²) in [6.07, 6.45) is 3.02.